The van der Waals surface area contributed by atoms with E-state index in [0.717, 1.165) is 0 Å². The van der Waals surface area contributed by atoms with E-state index >= 15 is 0 Å². The molecule has 5 unspecified atom stereocenters. The zero-order chi connectivity index (χ0) is 22.7. The fraction of sp³-hybridized carbons (Fsp3) is 0.706. The fourth-order valence-corrected chi connectivity index (χ4v) is 2.37. The zero-order valence-electron chi connectivity index (χ0n) is 16.7. The van der Waals surface area contributed by atoms with Crippen molar-refractivity contribution in [3.63, 3.8) is 0 Å². The van der Waals surface area contributed by atoms with E-state index in [9.17, 15) is 34.2 Å². The van der Waals surface area contributed by atoms with Gasteiger partial charge >= 0.3 is 11.9 Å². The summed E-state index contributed by atoms with van der Waals surface area (Å²) in [6, 6.07) is -4.06. The van der Waals surface area contributed by atoms with Crippen molar-refractivity contribution < 1.29 is 39.3 Å². The summed E-state index contributed by atoms with van der Waals surface area (Å²) in [5.41, 5.74) is 5.17. The minimum absolute atomic E-state index is 0.322. The van der Waals surface area contributed by atoms with Gasteiger partial charge in [0.2, 0.25) is 17.7 Å². The molecule has 8 N–H and O–H groups in total. The summed E-state index contributed by atoms with van der Waals surface area (Å²) < 4.78 is 0. The van der Waals surface area contributed by atoms with Gasteiger partial charge in [-0.3, -0.25) is 19.2 Å². The lowest BCUT2D eigenvalue weighted by Crippen LogP contribution is -2.59. The number of nitrogens with two attached hydrogens (primary N) is 1. The third-order valence-corrected chi connectivity index (χ3v) is 4.32. The number of amides is 3. The molecule has 0 aromatic rings. The van der Waals surface area contributed by atoms with E-state index in [0.29, 0.717) is 6.42 Å². The molecule has 0 spiro atoms. The summed E-state index contributed by atoms with van der Waals surface area (Å²) in [5, 5.41) is 34.7. The molecule has 0 radical (unpaired) electrons. The second-order valence-corrected chi connectivity index (χ2v) is 6.69. The third kappa shape index (κ3) is 9.34. The van der Waals surface area contributed by atoms with Gasteiger partial charge in [-0.25, -0.2) is 4.79 Å². The van der Waals surface area contributed by atoms with Crippen LogP contribution in [0.25, 0.3) is 0 Å². The summed E-state index contributed by atoms with van der Waals surface area (Å²) in [7, 11) is 0. The van der Waals surface area contributed by atoms with Crippen LogP contribution in [0.1, 0.15) is 40.0 Å². The molecule has 0 bridgehead atoms. The molecule has 12 heteroatoms. The number of carboxylic acids is 2. The molecule has 0 aromatic heterocycles. The molecule has 3 amide bonds. The highest BCUT2D eigenvalue weighted by molar-refractivity contribution is 5.94. The Morgan fingerprint density at radius 3 is 1.93 bits per heavy atom. The molecular weight excluding hydrogens is 388 g/mol. The van der Waals surface area contributed by atoms with Gasteiger partial charge in [-0.15, -0.1) is 0 Å². The maximum absolute atomic E-state index is 12.5. The highest BCUT2D eigenvalue weighted by atomic mass is 16.4. The monoisotopic (exact) mass is 418 g/mol. The van der Waals surface area contributed by atoms with Crippen LogP contribution < -0.4 is 21.7 Å². The lowest BCUT2D eigenvalue weighted by atomic mass is 9.98. The molecule has 0 heterocycles. The summed E-state index contributed by atoms with van der Waals surface area (Å²) in [4.78, 5) is 58.7. The number of carbonyl (C=O) groups excluding carboxylic acids is 3. The number of hydrogen-bond donors (Lipinski definition) is 7. The van der Waals surface area contributed by atoms with Crippen molar-refractivity contribution in [2.75, 3.05) is 6.54 Å². The molecule has 0 saturated heterocycles. The average Bonchev–Trinajstić information content (AvgIpc) is 2.65. The Hall–Kier alpha value is -2.73. The van der Waals surface area contributed by atoms with Crippen LogP contribution in [0.4, 0.5) is 0 Å². The van der Waals surface area contributed by atoms with Gasteiger partial charge in [0.15, 0.2) is 0 Å². The van der Waals surface area contributed by atoms with E-state index in [-0.39, 0.29) is 6.42 Å². The lowest BCUT2D eigenvalue weighted by molar-refractivity contribution is -0.144. The highest BCUT2D eigenvalue weighted by Crippen LogP contribution is 2.09. The standard InChI is InChI=1S/C17H30N4O8/c1-4-8(2)13(17(28)29)21-15(26)10(5-6-12(24)25)19-16(27)14(9(3)22)20-11(23)7-18/h8-10,13-14,22H,4-7,18H2,1-3H3,(H,19,27)(H,20,23)(H,21,26)(H,24,25)(H,28,29). The van der Waals surface area contributed by atoms with Gasteiger partial charge in [0.25, 0.3) is 0 Å². The topological polar surface area (TPSA) is 208 Å². The number of nitrogens with one attached hydrogen (secondary N) is 3. The summed E-state index contributed by atoms with van der Waals surface area (Å²) in [6.07, 6.45) is -1.68. The van der Waals surface area contributed by atoms with Crippen molar-refractivity contribution in [2.24, 2.45) is 11.7 Å². The molecule has 0 saturated carbocycles. The van der Waals surface area contributed by atoms with Crippen LogP contribution in [0.2, 0.25) is 0 Å². The van der Waals surface area contributed by atoms with Gasteiger partial charge in [-0.05, 0) is 19.3 Å². The van der Waals surface area contributed by atoms with E-state index in [4.69, 9.17) is 10.8 Å². The Labute approximate surface area is 168 Å². The SMILES string of the molecule is CCC(C)C(NC(=O)C(CCC(=O)O)NC(=O)C(NC(=O)CN)C(C)O)C(=O)O. The molecule has 5 atom stereocenters. The number of aliphatic hydroxyl groups is 1. The first-order chi connectivity index (χ1) is 13.4. The van der Waals surface area contributed by atoms with Crippen molar-refractivity contribution in [3.8, 4) is 0 Å². The predicted octanol–water partition coefficient (Wildman–Crippen LogP) is -2.22. The van der Waals surface area contributed by atoms with E-state index in [1.165, 1.54) is 6.92 Å². The van der Waals surface area contributed by atoms with Crippen molar-refractivity contribution in [2.45, 2.75) is 64.3 Å². The summed E-state index contributed by atoms with van der Waals surface area (Å²) in [6.45, 7) is 4.16. The second-order valence-electron chi connectivity index (χ2n) is 6.69. The maximum Gasteiger partial charge on any atom is 0.326 e. The summed E-state index contributed by atoms with van der Waals surface area (Å²) in [5.74, 6) is -5.46. The van der Waals surface area contributed by atoms with Crippen molar-refractivity contribution in [1.82, 2.24) is 16.0 Å². The average molecular weight is 418 g/mol. The van der Waals surface area contributed by atoms with E-state index in [2.05, 4.69) is 16.0 Å². The molecule has 29 heavy (non-hydrogen) atoms. The Morgan fingerprint density at radius 2 is 1.52 bits per heavy atom. The largest absolute Gasteiger partial charge is 0.481 e. The Bertz CT molecular complexity index is 610. The molecule has 0 aliphatic carbocycles. The first kappa shape index (κ1) is 26.3. The number of carboxylic acid groups (broad SMARTS) is 2. The molecule has 0 rings (SSSR count). The normalized spacial score (nSPS) is 15.9. The van der Waals surface area contributed by atoms with E-state index in [1.807, 2.05) is 0 Å². The van der Waals surface area contributed by atoms with Crippen LogP contribution in [0.3, 0.4) is 0 Å². The quantitative estimate of drug-likeness (QED) is 0.172. The number of rotatable bonds is 13. The van der Waals surface area contributed by atoms with Crippen LogP contribution in [0.5, 0.6) is 0 Å². The minimum atomic E-state index is -1.43. The fourth-order valence-electron chi connectivity index (χ4n) is 2.37. The van der Waals surface area contributed by atoms with E-state index in [1.54, 1.807) is 13.8 Å². The Balaban J connectivity index is 5.45. The van der Waals surface area contributed by atoms with Gasteiger partial charge in [0, 0.05) is 6.42 Å². The minimum Gasteiger partial charge on any atom is -0.481 e. The van der Waals surface area contributed by atoms with Crippen molar-refractivity contribution >= 4 is 29.7 Å². The van der Waals surface area contributed by atoms with Gasteiger partial charge < -0.3 is 37.0 Å². The number of aliphatic hydroxyl groups excluding tert-OH is 1. The highest BCUT2D eigenvalue weighted by Gasteiger charge is 2.32. The molecule has 0 aliphatic rings. The molecule has 166 valence electrons. The van der Waals surface area contributed by atoms with Gasteiger partial charge in [-0.2, -0.15) is 0 Å². The molecular formula is C17H30N4O8. The Morgan fingerprint density at radius 1 is 0.931 bits per heavy atom. The zero-order valence-corrected chi connectivity index (χ0v) is 16.7. The molecule has 0 aliphatic heterocycles. The van der Waals surface area contributed by atoms with E-state index < -0.39 is 72.8 Å². The first-order valence-electron chi connectivity index (χ1n) is 9.17. The second kappa shape index (κ2) is 12.7. The third-order valence-electron chi connectivity index (χ3n) is 4.32. The van der Waals surface area contributed by atoms with Crippen LogP contribution >= 0.6 is 0 Å². The van der Waals surface area contributed by atoms with Crippen LogP contribution in [0, 0.1) is 5.92 Å². The van der Waals surface area contributed by atoms with Gasteiger partial charge in [-0.1, -0.05) is 20.3 Å². The number of aliphatic carboxylic acids is 2. The van der Waals surface area contributed by atoms with Gasteiger partial charge in [0.1, 0.15) is 18.1 Å². The number of hydrogen-bond acceptors (Lipinski definition) is 7. The van der Waals surface area contributed by atoms with Crippen molar-refractivity contribution in [3.05, 3.63) is 0 Å². The van der Waals surface area contributed by atoms with Crippen LogP contribution in [0.15, 0.2) is 0 Å². The maximum atomic E-state index is 12.5. The van der Waals surface area contributed by atoms with Crippen LogP contribution in [-0.2, 0) is 24.0 Å². The number of carbonyl (C=O) groups is 5. The lowest BCUT2D eigenvalue weighted by Gasteiger charge is -2.26. The summed E-state index contributed by atoms with van der Waals surface area (Å²) >= 11 is 0. The molecule has 12 nitrogen and oxygen atoms in total. The first-order valence-corrected chi connectivity index (χ1v) is 9.17. The smallest absolute Gasteiger partial charge is 0.326 e. The predicted molar refractivity (Wildman–Crippen MR) is 100 cm³/mol. The molecule has 0 fully saturated rings. The van der Waals surface area contributed by atoms with Crippen LogP contribution in [-0.4, -0.2) is 75.8 Å². The van der Waals surface area contributed by atoms with Crippen molar-refractivity contribution in [1.29, 1.82) is 0 Å². The molecule has 0 aromatic carbocycles. The Kier molecular flexibility index (Phi) is 11.5. The van der Waals surface area contributed by atoms with Gasteiger partial charge in [0.05, 0.1) is 12.6 Å².